The maximum atomic E-state index is 12.7. The van der Waals surface area contributed by atoms with Gasteiger partial charge in [-0.1, -0.05) is 31.2 Å². The van der Waals surface area contributed by atoms with E-state index in [4.69, 9.17) is 10.5 Å². The molecule has 0 aliphatic carbocycles. The van der Waals surface area contributed by atoms with Crippen molar-refractivity contribution in [1.29, 1.82) is 0 Å². The molecule has 1 aromatic heterocycles. The lowest BCUT2D eigenvalue weighted by molar-refractivity contribution is 0.0452. The Balaban J connectivity index is 2.33. The zero-order chi connectivity index (χ0) is 15.3. The number of hydrogen-bond donors (Lipinski definition) is 2. The van der Waals surface area contributed by atoms with Gasteiger partial charge in [0, 0.05) is 24.4 Å². The van der Waals surface area contributed by atoms with Gasteiger partial charge in [-0.25, -0.2) is 0 Å². The number of aromatic nitrogens is 1. The van der Waals surface area contributed by atoms with Gasteiger partial charge in [-0.3, -0.25) is 15.5 Å². The quantitative estimate of drug-likeness (QED) is 0.625. The first-order valence-electron chi connectivity index (χ1n) is 6.72. The van der Waals surface area contributed by atoms with E-state index in [0.29, 0.717) is 23.3 Å². The molecule has 110 valence electrons. The number of pyridine rings is 1. The smallest absolute Gasteiger partial charge is 0.222 e. The number of carbonyl (C=O) groups excluding carboxylic acids is 1. The Morgan fingerprint density at radius 3 is 2.57 bits per heavy atom. The van der Waals surface area contributed by atoms with E-state index in [0.717, 1.165) is 0 Å². The van der Waals surface area contributed by atoms with Gasteiger partial charge in [-0.2, -0.15) is 0 Å². The molecular weight excluding hydrogens is 268 g/mol. The van der Waals surface area contributed by atoms with Crippen LogP contribution in [0.15, 0.2) is 48.8 Å². The SMILES string of the molecule is CCC(N)(Oc1ccncc1)C(=O)c1ccccc1CO. The second-order valence-electron chi connectivity index (χ2n) is 4.67. The number of hydrogen-bond acceptors (Lipinski definition) is 5. The summed E-state index contributed by atoms with van der Waals surface area (Å²) in [5, 5.41) is 9.35. The third-order valence-corrected chi connectivity index (χ3v) is 3.29. The maximum absolute atomic E-state index is 12.7. The first-order chi connectivity index (χ1) is 10.1. The van der Waals surface area contributed by atoms with Crippen LogP contribution in [0.25, 0.3) is 0 Å². The minimum Gasteiger partial charge on any atom is -0.465 e. The van der Waals surface area contributed by atoms with Crippen molar-refractivity contribution in [2.45, 2.75) is 25.7 Å². The van der Waals surface area contributed by atoms with E-state index in [1.54, 1.807) is 55.7 Å². The van der Waals surface area contributed by atoms with Gasteiger partial charge < -0.3 is 9.84 Å². The Morgan fingerprint density at radius 1 is 1.29 bits per heavy atom. The molecule has 0 radical (unpaired) electrons. The molecule has 0 saturated heterocycles. The minimum absolute atomic E-state index is 0.225. The zero-order valence-corrected chi connectivity index (χ0v) is 11.8. The average molecular weight is 286 g/mol. The van der Waals surface area contributed by atoms with Crippen molar-refractivity contribution in [3.8, 4) is 5.75 Å². The first kappa shape index (κ1) is 15.2. The standard InChI is InChI=1S/C16H18N2O3/c1-2-16(17,21-13-7-9-18-10-8-13)15(20)14-6-4-3-5-12(14)11-19/h3-10,19H,2,11,17H2,1H3. The number of carbonyl (C=O) groups is 1. The number of ether oxygens (including phenoxy) is 1. The van der Waals surface area contributed by atoms with Crippen molar-refractivity contribution in [3.63, 3.8) is 0 Å². The zero-order valence-electron chi connectivity index (χ0n) is 11.8. The molecule has 0 amide bonds. The number of Topliss-reactive ketones (excluding diaryl/α,β-unsaturated/α-hetero) is 1. The van der Waals surface area contributed by atoms with E-state index < -0.39 is 5.72 Å². The predicted molar refractivity (Wildman–Crippen MR) is 78.8 cm³/mol. The van der Waals surface area contributed by atoms with Crippen molar-refractivity contribution >= 4 is 5.78 Å². The van der Waals surface area contributed by atoms with Crippen LogP contribution in [0.3, 0.4) is 0 Å². The monoisotopic (exact) mass is 286 g/mol. The molecular formula is C16H18N2O3. The van der Waals surface area contributed by atoms with Crippen LogP contribution in [0, 0.1) is 0 Å². The number of aliphatic hydroxyl groups is 1. The van der Waals surface area contributed by atoms with Gasteiger partial charge in [0.15, 0.2) is 0 Å². The molecule has 1 aromatic carbocycles. The van der Waals surface area contributed by atoms with E-state index in [-0.39, 0.29) is 12.4 Å². The first-order valence-corrected chi connectivity index (χ1v) is 6.72. The molecule has 3 N–H and O–H groups in total. The predicted octanol–water partition coefficient (Wildman–Crippen LogP) is 1.90. The molecule has 21 heavy (non-hydrogen) atoms. The van der Waals surface area contributed by atoms with Crippen molar-refractivity contribution < 1.29 is 14.6 Å². The second kappa shape index (κ2) is 6.47. The van der Waals surface area contributed by atoms with Gasteiger partial charge >= 0.3 is 0 Å². The van der Waals surface area contributed by atoms with E-state index in [1.807, 2.05) is 0 Å². The highest BCUT2D eigenvalue weighted by Gasteiger charge is 2.36. The summed E-state index contributed by atoms with van der Waals surface area (Å²) in [6, 6.07) is 10.1. The Bertz CT molecular complexity index is 616. The number of rotatable bonds is 6. The molecule has 0 spiro atoms. The van der Waals surface area contributed by atoms with E-state index in [9.17, 15) is 9.90 Å². The Labute approximate surface area is 123 Å². The molecule has 2 rings (SSSR count). The number of ketones is 1. The van der Waals surface area contributed by atoms with Gasteiger partial charge in [0.2, 0.25) is 11.5 Å². The lowest BCUT2D eigenvalue weighted by Gasteiger charge is -2.28. The van der Waals surface area contributed by atoms with Crippen LogP contribution in [-0.4, -0.2) is 21.6 Å². The molecule has 5 nitrogen and oxygen atoms in total. The minimum atomic E-state index is -1.48. The van der Waals surface area contributed by atoms with Crippen molar-refractivity contribution in [2.75, 3.05) is 0 Å². The number of nitrogens with two attached hydrogens (primary N) is 1. The maximum Gasteiger partial charge on any atom is 0.222 e. The molecule has 1 heterocycles. The highest BCUT2D eigenvalue weighted by molar-refractivity contribution is 6.03. The lowest BCUT2D eigenvalue weighted by atomic mass is 9.95. The topological polar surface area (TPSA) is 85.4 Å². The molecule has 0 aliphatic rings. The number of aliphatic hydroxyl groups excluding tert-OH is 1. The van der Waals surface area contributed by atoms with Crippen molar-refractivity contribution in [3.05, 3.63) is 59.9 Å². The van der Waals surface area contributed by atoms with Gasteiger partial charge in [0.1, 0.15) is 5.75 Å². The molecule has 5 heteroatoms. The van der Waals surface area contributed by atoms with Crippen molar-refractivity contribution in [2.24, 2.45) is 5.73 Å². The summed E-state index contributed by atoms with van der Waals surface area (Å²) in [6.45, 7) is 1.55. The molecule has 1 atom stereocenters. The average Bonchev–Trinajstić information content (AvgIpc) is 2.54. The van der Waals surface area contributed by atoms with E-state index >= 15 is 0 Å². The summed E-state index contributed by atoms with van der Waals surface area (Å²) in [7, 11) is 0. The third kappa shape index (κ3) is 3.26. The Hall–Kier alpha value is -2.24. The molecule has 0 fully saturated rings. The Morgan fingerprint density at radius 2 is 1.95 bits per heavy atom. The highest BCUT2D eigenvalue weighted by Crippen LogP contribution is 2.22. The summed E-state index contributed by atoms with van der Waals surface area (Å²) < 4.78 is 5.67. The highest BCUT2D eigenvalue weighted by atomic mass is 16.5. The van der Waals surface area contributed by atoms with E-state index in [2.05, 4.69) is 4.98 Å². The van der Waals surface area contributed by atoms with Gasteiger partial charge in [-0.15, -0.1) is 0 Å². The van der Waals surface area contributed by atoms with Crippen LogP contribution in [0.2, 0.25) is 0 Å². The van der Waals surface area contributed by atoms with Crippen LogP contribution >= 0.6 is 0 Å². The molecule has 1 unspecified atom stereocenters. The fourth-order valence-corrected chi connectivity index (χ4v) is 2.00. The molecule has 2 aromatic rings. The normalized spacial score (nSPS) is 13.5. The van der Waals surface area contributed by atoms with Crippen LogP contribution in [0.4, 0.5) is 0 Å². The number of nitrogens with zero attached hydrogens (tertiary/aromatic N) is 1. The fourth-order valence-electron chi connectivity index (χ4n) is 2.00. The van der Waals surface area contributed by atoms with Crippen LogP contribution in [0.5, 0.6) is 5.75 Å². The third-order valence-electron chi connectivity index (χ3n) is 3.29. The molecule has 0 aliphatic heterocycles. The fraction of sp³-hybridized carbons (Fsp3) is 0.250. The summed E-state index contributed by atoms with van der Waals surface area (Å²) >= 11 is 0. The van der Waals surface area contributed by atoms with Crippen LogP contribution in [-0.2, 0) is 6.61 Å². The largest absolute Gasteiger partial charge is 0.465 e. The molecule has 0 bridgehead atoms. The van der Waals surface area contributed by atoms with Crippen LogP contribution in [0.1, 0.15) is 29.3 Å². The van der Waals surface area contributed by atoms with Gasteiger partial charge in [-0.05, 0) is 17.7 Å². The number of benzene rings is 1. The van der Waals surface area contributed by atoms with Gasteiger partial charge in [0.05, 0.1) is 6.61 Å². The van der Waals surface area contributed by atoms with Crippen LogP contribution < -0.4 is 10.5 Å². The van der Waals surface area contributed by atoms with E-state index in [1.165, 1.54) is 0 Å². The molecule has 0 saturated carbocycles. The summed E-state index contributed by atoms with van der Waals surface area (Å²) in [6.07, 6.45) is 3.43. The summed E-state index contributed by atoms with van der Waals surface area (Å²) in [5.74, 6) is 0.121. The Kier molecular flexibility index (Phi) is 4.67. The second-order valence-corrected chi connectivity index (χ2v) is 4.67. The summed E-state index contributed by atoms with van der Waals surface area (Å²) in [4.78, 5) is 16.6. The van der Waals surface area contributed by atoms with Gasteiger partial charge in [0.25, 0.3) is 0 Å². The summed E-state index contributed by atoms with van der Waals surface area (Å²) in [5.41, 5.74) is 5.58. The van der Waals surface area contributed by atoms with Crippen molar-refractivity contribution in [1.82, 2.24) is 4.98 Å². The lowest BCUT2D eigenvalue weighted by Crippen LogP contribution is -2.53.